The van der Waals surface area contributed by atoms with Crippen molar-refractivity contribution in [2.45, 2.75) is 148 Å². The predicted octanol–water partition coefficient (Wildman–Crippen LogP) is 9.93. The average Bonchev–Trinajstić information content (AvgIpc) is 2.63. The van der Waals surface area contributed by atoms with Gasteiger partial charge >= 0.3 is 0 Å². The zero-order chi connectivity index (χ0) is 20.4. The van der Waals surface area contributed by atoms with Crippen molar-refractivity contribution in [1.29, 1.82) is 0 Å². The molecule has 0 aromatic carbocycles. The number of rotatable bonds is 5. The van der Waals surface area contributed by atoms with Crippen LogP contribution in [0.2, 0.25) is 6.32 Å². The lowest BCUT2D eigenvalue weighted by Gasteiger charge is -1.79. The molecular formula is C22H60BP. The Morgan fingerprint density at radius 3 is 0.667 bits per heavy atom. The molecule has 0 nitrogen and oxygen atoms in total. The van der Waals surface area contributed by atoms with Crippen molar-refractivity contribution in [3.63, 3.8) is 0 Å². The predicted molar refractivity (Wildman–Crippen MR) is 132 cm³/mol. The first-order chi connectivity index (χ1) is 11.2. The van der Waals surface area contributed by atoms with Crippen LogP contribution < -0.4 is 0 Å². The minimum absolute atomic E-state index is 0. The molecule has 0 saturated heterocycles. The number of hydrogen-bond acceptors (Lipinski definition) is 0. The Hall–Kier alpha value is 0.495. The van der Waals surface area contributed by atoms with Crippen LogP contribution in [0.3, 0.4) is 0 Å². The first kappa shape index (κ1) is 49.7. The second-order valence-corrected chi connectivity index (χ2v) is 4.20. The monoisotopic (exact) mass is 366 g/mol. The zero-order valence-electron chi connectivity index (χ0n) is 20.6. The van der Waals surface area contributed by atoms with Gasteiger partial charge in [0.05, 0.1) is 7.85 Å². The molecule has 0 amide bonds. The van der Waals surface area contributed by atoms with E-state index in [1.165, 1.54) is 51.4 Å². The Kier molecular flexibility index (Phi) is 273. The van der Waals surface area contributed by atoms with E-state index in [-0.39, 0.29) is 9.90 Å². The normalized spacial score (nSPS) is 6.21. The van der Waals surface area contributed by atoms with Gasteiger partial charge in [0, 0.05) is 0 Å². The Labute approximate surface area is 165 Å². The summed E-state index contributed by atoms with van der Waals surface area (Å²) in [5, 5.41) is 0. The molecule has 0 spiro atoms. The lowest BCUT2D eigenvalue weighted by atomic mass is 10.0. The molecule has 0 aromatic heterocycles. The van der Waals surface area contributed by atoms with Gasteiger partial charge in [-0.05, 0) is 0 Å². The molecule has 0 aliphatic heterocycles. The van der Waals surface area contributed by atoms with Gasteiger partial charge in [-0.25, -0.2) is 0 Å². The van der Waals surface area contributed by atoms with Crippen LogP contribution >= 0.6 is 9.90 Å². The van der Waals surface area contributed by atoms with Gasteiger partial charge < -0.3 is 0 Å². The summed E-state index contributed by atoms with van der Waals surface area (Å²) in [5.74, 6) is 0. The Morgan fingerprint density at radius 2 is 0.667 bits per heavy atom. The smallest absolute Gasteiger partial charge is 0.0652 e. The van der Waals surface area contributed by atoms with Crippen molar-refractivity contribution in [3.05, 3.63) is 0 Å². The fraction of sp³-hybridized carbons (Fsp3) is 1.00. The molecule has 2 heteroatoms. The molecule has 0 fully saturated rings. The second kappa shape index (κ2) is 132. The maximum absolute atomic E-state index is 5.14. The third kappa shape index (κ3) is 344. The highest BCUT2D eigenvalue weighted by Crippen LogP contribution is 1.88. The maximum Gasteiger partial charge on any atom is 0.0652 e. The fourth-order valence-corrected chi connectivity index (χ4v) is 0.558. The van der Waals surface area contributed by atoms with E-state index in [1.54, 1.807) is 0 Å². The van der Waals surface area contributed by atoms with Gasteiger partial charge in [0.2, 0.25) is 0 Å². The van der Waals surface area contributed by atoms with E-state index >= 15 is 0 Å². The largest absolute Gasteiger partial charge is 0.153 e. The van der Waals surface area contributed by atoms with Crippen LogP contribution in [0.1, 0.15) is 141 Å². The van der Waals surface area contributed by atoms with E-state index in [0.29, 0.717) is 0 Å². The van der Waals surface area contributed by atoms with Crippen molar-refractivity contribution in [1.82, 2.24) is 0 Å². The quantitative estimate of drug-likeness (QED) is 0.335. The summed E-state index contributed by atoms with van der Waals surface area (Å²) in [6, 6.07) is 0. The van der Waals surface area contributed by atoms with E-state index in [2.05, 4.69) is 48.5 Å². The first-order valence-electron chi connectivity index (χ1n) is 10.9. The van der Waals surface area contributed by atoms with Gasteiger partial charge in [-0.15, -0.1) is 0 Å². The van der Waals surface area contributed by atoms with Crippen LogP contribution in [0, 0.1) is 0 Å². The average molecular weight is 367 g/mol. The summed E-state index contributed by atoms with van der Waals surface area (Å²) in [5.41, 5.74) is 0. The summed E-state index contributed by atoms with van der Waals surface area (Å²) in [4.78, 5) is 0. The van der Waals surface area contributed by atoms with Crippen LogP contribution in [-0.4, -0.2) is 7.85 Å². The van der Waals surface area contributed by atoms with E-state index in [9.17, 15) is 0 Å². The maximum atomic E-state index is 5.14. The van der Waals surface area contributed by atoms with Crippen molar-refractivity contribution in [3.8, 4) is 0 Å². The van der Waals surface area contributed by atoms with Crippen LogP contribution in [-0.2, 0) is 0 Å². The van der Waals surface area contributed by atoms with Crippen molar-refractivity contribution < 1.29 is 0 Å². The topological polar surface area (TPSA) is 0 Å². The summed E-state index contributed by atoms with van der Waals surface area (Å²) in [6.45, 7) is 27.2. The molecule has 0 aromatic rings. The van der Waals surface area contributed by atoms with E-state index in [4.69, 9.17) is 7.85 Å². The van der Waals surface area contributed by atoms with Crippen molar-refractivity contribution >= 4 is 17.7 Å². The van der Waals surface area contributed by atoms with Gasteiger partial charge in [-0.3, -0.25) is 0 Å². The van der Waals surface area contributed by atoms with Crippen LogP contribution in [0.5, 0.6) is 0 Å². The van der Waals surface area contributed by atoms with Gasteiger partial charge in [0.25, 0.3) is 0 Å². The zero-order valence-corrected chi connectivity index (χ0v) is 22.1. The number of hydrogen-bond donors (Lipinski definition) is 0. The molecule has 0 heterocycles. The van der Waals surface area contributed by atoms with Gasteiger partial charge in [0.1, 0.15) is 0 Å². The number of unbranched alkanes of at least 4 members (excludes halogenated alkanes) is 4. The molecule has 0 bridgehead atoms. The van der Waals surface area contributed by atoms with E-state index < -0.39 is 0 Å². The lowest BCUT2D eigenvalue weighted by molar-refractivity contribution is 0.772. The molecule has 0 N–H and O–H groups in total. The molecule has 0 rings (SSSR count). The van der Waals surface area contributed by atoms with Crippen LogP contribution in [0.25, 0.3) is 0 Å². The summed E-state index contributed by atoms with van der Waals surface area (Å²) in [6.07, 6.45) is 11.2. The molecule has 0 aliphatic rings. The standard InChI is InChI=1S/C5H12.C4H9B.C4H10.C3H8.3C2H6.H3P/c1-3-5-4-2;1-2-3-4-5;1-3-4-2;1-3-2;3*1-2;/h3-5H2,1-2H3;2-4H2,1H3;3-4H2,1-2H3;3H2,1-2H3;3*1-2H3;1H3. The summed E-state index contributed by atoms with van der Waals surface area (Å²) < 4.78 is 0. The summed E-state index contributed by atoms with van der Waals surface area (Å²) >= 11 is 0. The molecule has 0 aliphatic carbocycles. The highest BCUT2D eigenvalue weighted by atomic mass is 31.0. The molecule has 156 valence electrons. The van der Waals surface area contributed by atoms with E-state index in [1.807, 2.05) is 41.5 Å². The minimum Gasteiger partial charge on any atom is -0.153 e. The lowest BCUT2D eigenvalue weighted by Crippen LogP contribution is -1.63. The highest BCUT2D eigenvalue weighted by Gasteiger charge is 1.68. The van der Waals surface area contributed by atoms with Crippen LogP contribution in [0.15, 0.2) is 0 Å². The molecule has 2 radical (unpaired) electrons. The Morgan fingerprint density at radius 1 is 0.458 bits per heavy atom. The molecule has 1 atom stereocenters. The van der Waals surface area contributed by atoms with Gasteiger partial charge in [0.15, 0.2) is 0 Å². The SMILES string of the molecule is CC.CC.CC.CCC.CCCC.CCCCC.P.[B]CCCC. The first-order valence-corrected chi connectivity index (χ1v) is 10.9. The third-order valence-corrected chi connectivity index (χ3v) is 1.76. The third-order valence-electron chi connectivity index (χ3n) is 1.76. The molecule has 0 saturated carbocycles. The molecule has 1 unspecified atom stereocenters. The van der Waals surface area contributed by atoms with Gasteiger partial charge in [-0.1, -0.05) is 148 Å². The second-order valence-electron chi connectivity index (χ2n) is 4.20. The van der Waals surface area contributed by atoms with Gasteiger partial charge in [-0.2, -0.15) is 9.90 Å². The van der Waals surface area contributed by atoms with Crippen molar-refractivity contribution in [2.24, 2.45) is 0 Å². The Bertz CT molecular complexity index is 57.0. The minimum atomic E-state index is 0. The Balaban J connectivity index is -0.0000000214. The van der Waals surface area contributed by atoms with Crippen molar-refractivity contribution in [2.75, 3.05) is 0 Å². The molecule has 24 heavy (non-hydrogen) atoms. The van der Waals surface area contributed by atoms with E-state index in [0.717, 1.165) is 6.32 Å². The fourth-order valence-electron chi connectivity index (χ4n) is 0.558. The summed E-state index contributed by atoms with van der Waals surface area (Å²) in [7, 11) is 5.14. The highest BCUT2D eigenvalue weighted by molar-refractivity contribution is 6.92. The molecular weight excluding hydrogens is 306 g/mol. The van der Waals surface area contributed by atoms with Crippen LogP contribution in [0.4, 0.5) is 0 Å².